The van der Waals surface area contributed by atoms with E-state index in [9.17, 15) is 18.3 Å². The van der Waals surface area contributed by atoms with E-state index < -0.39 is 11.6 Å². The summed E-state index contributed by atoms with van der Waals surface area (Å²) in [6.07, 6.45) is 2.68. The first-order valence-corrected chi connectivity index (χ1v) is 7.17. The maximum atomic E-state index is 12.0. The van der Waals surface area contributed by atoms with Crippen LogP contribution < -0.4 is 0 Å². The molecule has 0 aromatic heterocycles. The summed E-state index contributed by atoms with van der Waals surface area (Å²) in [6, 6.07) is 0. The van der Waals surface area contributed by atoms with Crippen molar-refractivity contribution in [3.8, 4) is 0 Å². The fourth-order valence-electron chi connectivity index (χ4n) is 2.53. The standard InChI is InChI=1S/C12H21F3OS/c1-8(2)9-3-4-11(16)10(7-9)5-6-17-12(13,14)15/h8-11,16H,3-7H2,1-2H3. The molecule has 1 fully saturated rings. The number of thioether (sulfide) groups is 1. The van der Waals surface area contributed by atoms with Crippen molar-refractivity contribution in [3.63, 3.8) is 0 Å². The van der Waals surface area contributed by atoms with Crippen molar-refractivity contribution in [1.29, 1.82) is 0 Å². The molecule has 0 saturated heterocycles. The number of rotatable bonds is 4. The molecular formula is C12H21F3OS. The molecule has 3 unspecified atom stereocenters. The molecule has 3 atom stereocenters. The van der Waals surface area contributed by atoms with Crippen LogP contribution in [-0.2, 0) is 0 Å². The molecule has 0 bridgehead atoms. The molecule has 1 N–H and O–H groups in total. The Kier molecular flexibility index (Phi) is 5.64. The van der Waals surface area contributed by atoms with Crippen LogP contribution in [-0.4, -0.2) is 22.5 Å². The monoisotopic (exact) mass is 270 g/mol. The van der Waals surface area contributed by atoms with Crippen molar-refractivity contribution in [2.24, 2.45) is 17.8 Å². The smallest absolute Gasteiger partial charge is 0.393 e. The Morgan fingerprint density at radius 1 is 1.29 bits per heavy atom. The lowest BCUT2D eigenvalue weighted by Gasteiger charge is -2.35. The molecule has 0 aromatic rings. The molecule has 1 saturated carbocycles. The summed E-state index contributed by atoms with van der Waals surface area (Å²) >= 11 is 0.0278. The molecule has 1 nitrogen and oxygen atoms in total. The van der Waals surface area contributed by atoms with Gasteiger partial charge in [0.05, 0.1) is 6.10 Å². The van der Waals surface area contributed by atoms with Gasteiger partial charge in [-0.05, 0) is 43.4 Å². The highest BCUT2D eigenvalue weighted by molar-refractivity contribution is 8.00. The van der Waals surface area contributed by atoms with E-state index in [0.717, 1.165) is 19.3 Å². The van der Waals surface area contributed by atoms with Gasteiger partial charge in [0, 0.05) is 5.75 Å². The summed E-state index contributed by atoms with van der Waals surface area (Å²) in [4.78, 5) is 0. The maximum absolute atomic E-state index is 12.0. The van der Waals surface area contributed by atoms with Gasteiger partial charge >= 0.3 is 5.51 Å². The third-order valence-corrected chi connectivity index (χ3v) is 4.45. The first-order valence-electron chi connectivity index (χ1n) is 6.18. The van der Waals surface area contributed by atoms with E-state index in [1.165, 1.54) is 0 Å². The molecule has 17 heavy (non-hydrogen) atoms. The van der Waals surface area contributed by atoms with Crippen LogP contribution in [0.2, 0.25) is 0 Å². The number of halogens is 3. The highest BCUT2D eigenvalue weighted by Crippen LogP contribution is 2.38. The molecule has 102 valence electrons. The normalized spacial score (nSPS) is 30.9. The molecule has 0 spiro atoms. The van der Waals surface area contributed by atoms with Crippen LogP contribution in [0.1, 0.15) is 39.5 Å². The Morgan fingerprint density at radius 2 is 1.94 bits per heavy atom. The van der Waals surface area contributed by atoms with Crippen LogP contribution in [0, 0.1) is 17.8 Å². The van der Waals surface area contributed by atoms with E-state index in [2.05, 4.69) is 13.8 Å². The van der Waals surface area contributed by atoms with Crippen LogP contribution in [0.3, 0.4) is 0 Å². The average Bonchev–Trinajstić information content (AvgIpc) is 2.18. The van der Waals surface area contributed by atoms with E-state index in [1.807, 2.05) is 0 Å². The van der Waals surface area contributed by atoms with Gasteiger partial charge in [-0.2, -0.15) is 13.2 Å². The second-order valence-electron chi connectivity index (χ2n) is 5.23. The van der Waals surface area contributed by atoms with Crippen molar-refractivity contribution in [2.45, 2.75) is 51.1 Å². The number of aliphatic hydroxyl groups excluding tert-OH is 1. The van der Waals surface area contributed by atoms with Crippen molar-refractivity contribution >= 4 is 11.8 Å². The minimum absolute atomic E-state index is 0.0278. The van der Waals surface area contributed by atoms with Gasteiger partial charge in [0.2, 0.25) is 0 Å². The number of aliphatic hydroxyl groups is 1. The topological polar surface area (TPSA) is 20.2 Å². The Balaban J connectivity index is 2.35. The lowest BCUT2D eigenvalue weighted by molar-refractivity contribution is -0.0331. The molecule has 1 aliphatic carbocycles. The number of alkyl halides is 3. The van der Waals surface area contributed by atoms with E-state index in [-0.39, 0.29) is 23.4 Å². The highest BCUT2D eigenvalue weighted by Gasteiger charge is 2.32. The van der Waals surface area contributed by atoms with Gasteiger partial charge in [0.1, 0.15) is 0 Å². The third-order valence-electron chi connectivity index (χ3n) is 3.68. The van der Waals surface area contributed by atoms with Crippen LogP contribution in [0.15, 0.2) is 0 Å². The molecule has 5 heteroatoms. The fourth-order valence-corrected chi connectivity index (χ4v) is 3.18. The molecule has 0 aliphatic heterocycles. The van der Waals surface area contributed by atoms with Gasteiger partial charge in [-0.25, -0.2) is 0 Å². The predicted octanol–water partition coefficient (Wildman–Crippen LogP) is 4.06. The molecule has 1 aliphatic rings. The molecule has 0 amide bonds. The van der Waals surface area contributed by atoms with Crippen molar-refractivity contribution < 1.29 is 18.3 Å². The number of hydrogen-bond donors (Lipinski definition) is 1. The van der Waals surface area contributed by atoms with E-state index in [0.29, 0.717) is 18.3 Å². The van der Waals surface area contributed by atoms with Crippen LogP contribution in [0.4, 0.5) is 13.2 Å². The largest absolute Gasteiger partial charge is 0.441 e. The lowest BCUT2D eigenvalue weighted by atomic mass is 9.74. The SMILES string of the molecule is CC(C)C1CCC(O)C(CCSC(F)(F)F)C1. The fraction of sp³-hybridized carbons (Fsp3) is 1.00. The molecule has 0 heterocycles. The highest BCUT2D eigenvalue weighted by atomic mass is 32.2. The first kappa shape index (κ1) is 15.2. The Labute approximate surface area is 105 Å². The second kappa shape index (κ2) is 6.32. The van der Waals surface area contributed by atoms with Gasteiger partial charge in [-0.3, -0.25) is 0 Å². The van der Waals surface area contributed by atoms with Crippen LogP contribution >= 0.6 is 11.8 Å². The third kappa shape index (κ3) is 5.51. The van der Waals surface area contributed by atoms with Crippen molar-refractivity contribution in [2.75, 3.05) is 5.75 Å². The number of hydrogen-bond acceptors (Lipinski definition) is 2. The zero-order valence-electron chi connectivity index (χ0n) is 10.3. The predicted molar refractivity (Wildman–Crippen MR) is 64.8 cm³/mol. The second-order valence-corrected chi connectivity index (χ2v) is 6.39. The zero-order chi connectivity index (χ0) is 13.1. The van der Waals surface area contributed by atoms with Gasteiger partial charge in [-0.15, -0.1) is 0 Å². The van der Waals surface area contributed by atoms with Gasteiger partial charge in [0.15, 0.2) is 0 Å². The molecule has 1 rings (SSSR count). The zero-order valence-corrected chi connectivity index (χ0v) is 11.2. The lowest BCUT2D eigenvalue weighted by Crippen LogP contribution is -2.31. The quantitative estimate of drug-likeness (QED) is 0.831. The van der Waals surface area contributed by atoms with Crippen LogP contribution in [0.25, 0.3) is 0 Å². The minimum Gasteiger partial charge on any atom is -0.393 e. The Hall–Kier alpha value is 0.100. The molecule has 0 aromatic carbocycles. The van der Waals surface area contributed by atoms with Gasteiger partial charge < -0.3 is 5.11 Å². The van der Waals surface area contributed by atoms with Crippen molar-refractivity contribution in [3.05, 3.63) is 0 Å². The van der Waals surface area contributed by atoms with Crippen molar-refractivity contribution in [1.82, 2.24) is 0 Å². The van der Waals surface area contributed by atoms with E-state index >= 15 is 0 Å². The Morgan fingerprint density at radius 3 is 2.47 bits per heavy atom. The summed E-state index contributed by atoms with van der Waals surface area (Å²) < 4.78 is 36.0. The summed E-state index contributed by atoms with van der Waals surface area (Å²) in [5, 5.41) is 9.81. The van der Waals surface area contributed by atoms with Crippen LogP contribution in [0.5, 0.6) is 0 Å². The first-order chi connectivity index (χ1) is 7.79. The van der Waals surface area contributed by atoms with Gasteiger partial charge in [-0.1, -0.05) is 25.6 Å². The molecular weight excluding hydrogens is 249 g/mol. The summed E-state index contributed by atoms with van der Waals surface area (Å²) in [7, 11) is 0. The molecule has 0 radical (unpaired) electrons. The average molecular weight is 270 g/mol. The summed E-state index contributed by atoms with van der Waals surface area (Å²) in [5.74, 6) is 1.22. The summed E-state index contributed by atoms with van der Waals surface area (Å²) in [6.45, 7) is 4.29. The minimum atomic E-state index is -4.14. The maximum Gasteiger partial charge on any atom is 0.441 e. The summed E-state index contributed by atoms with van der Waals surface area (Å²) in [5.41, 5.74) is -4.14. The van der Waals surface area contributed by atoms with Gasteiger partial charge in [0.25, 0.3) is 0 Å². The Bertz CT molecular complexity index is 230. The van der Waals surface area contributed by atoms with E-state index in [4.69, 9.17) is 0 Å². The van der Waals surface area contributed by atoms with E-state index in [1.54, 1.807) is 0 Å².